The zero-order valence-corrected chi connectivity index (χ0v) is 15.0. The van der Waals surface area contributed by atoms with E-state index in [4.69, 9.17) is 17.4 Å². The molecule has 0 saturated heterocycles. The maximum absolute atomic E-state index is 12.4. The number of aliphatic hydroxyl groups excluding tert-OH is 1. The van der Waals surface area contributed by atoms with Crippen molar-refractivity contribution in [3.63, 3.8) is 0 Å². The highest BCUT2D eigenvalue weighted by Crippen LogP contribution is 2.21. The average Bonchev–Trinajstić information content (AvgIpc) is 2.62. The molecule has 9 heteroatoms. The quantitative estimate of drug-likeness (QED) is 0.309. The van der Waals surface area contributed by atoms with Crippen LogP contribution in [0.1, 0.15) is 24.3 Å². The number of fused-ring (bicyclic) bond motifs is 1. The summed E-state index contributed by atoms with van der Waals surface area (Å²) in [6.45, 7) is 1.40. The van der Waals surface area contributed by atoms with Crippen LogP contribution in [0.2, 0.25) is 5.02 Å². The Hall–Kier alpha value is -3.23. The number of benzene rings is 2. The fraction of sp³-hybridized carbons (Fsp3) is 0.111. The van der Waals surface area contributed by atoms with Gasteiger partial charge in [-0.1, -0.05) is 23.7 Å². The summed E-state index contributed by atoms with van der Waals surface area (Å²) in [5.74, 6) is 5.22. The van der Waals surface area contributed by atoms with Crippen LogP contribution < -0.4 is 16.7 Å². The van der Waals surface area contributed by atoms with Crippen LogP contribution in [0, 0.1) is 0 Å². The third kappa shape index (κ3) is 3.97. The summed E-state index contributed by atoms with van der Waals surface area (Å²) in [6, 6.07) is 11.3. The summed E-state index contributed by atoms with van der Waals surface area (Å²) in [7, 11) is 0. The topological polar surface area (TPSA) is 133 Å². The van der Waals surface area contributed by atoms with Gasteiger partial charge in [0, 0.05) is 17.6 Å². The molecule has 3 aromatic rings. The second-order valence-electron chi connectivity index (χ2n) is 5.80. The fourth-order valence-corrected chi connectivity index (χ4v) is 2.78. The molecule has 27 heavy (non-hydrogen) atoms. The van der Waals surface area contributed by atoms with E-state index in [1.165, 1.54) is 6.92 Å². The van der Waals surface area contributed by atoms with Crippen LogP contribution in [0.3, 0.4) is 0 Å². The third-order valence-electron chi connectivity index (χ3n) is 3.84. The average molecular weight is 386 g/mol. The molecule has 3 rings (SSSR count). The van der Waals surface area contributed by atoms with Gasteiger partial charge in [-0.3, -0.25) is 9.59 Å². The molecule has 0 radical (unpaired) electrons. The smallest absolute Gasteiger partial charge is 0.276 e. The minimum atomic E-state index is -1.28. The number of hydrogen-bond acceptors (Lipinski definition) is 6. The molecule has 0 aliphatic rings. The van der Waals surface area contributed by atoms with Gasteiger partial charge in [-0.15, -0.1) is 0 Å². The standard InChI is InChI=1S/C18H16ClN5O3/c1-9(25)21-12-5-2-10(3-6-12)17(26)15(24-20)16-18(27)23-14-8-11(19)4-7-13(14)22-16/h2-8,17,26H,20H2,1H3,(H,21,25)(H,23,27)/b24-15+/t17-/m1/s1. The molecule has 1 aromatic heterocycles. The summed E-state index contributed by atoms with van der Waals surface area (Å²) < 4.78 is 0. The first-order valence-electron chi connectivity index (χ1n) is 7.92. The van der Waals surface area contributed by atoms with Crippen LogP contribution in [0.25, 0.3) is 11.0 Å². The van der Waals surface area contributed by atoms with Crippen molar-refractivity contribution in [3.05, 3.63) is 69.1 Å². The number of amides is 1. The zero-order chi connectivity index (χ0) is 19.6. The van der Waals surface area contributed by atoms with Crippen LogP contribution in [-0.2, 0) is 4.79 Å². The molecule has 138 valence electrons. The van der Waals surface area contributed by atoms with Crippen LogP contribution >= 0.6 is 11.6 Å². The van der Waals surface area contributed by atoms with E-state index < -0.39 is 11.7 Å². The molecule has 0 aliphatic heterocycles. The number of nitrogens with two attached hydrogens (primary N) is 1. The van der Waals surface area contributed by atoms with Gasteiger partial charge in [-0.05, 0) is 35.9 Å². The van der Waals surface area contributed by atoms with Crippen LogP contribution in [0.5, 0.6) is 0 Å². The molecule has 0 saturated carbocycles. The van der Waals surface area contributed by atoms with Crippen molar-refractivity contribution in [2.24, 2.45) is 10.9 Å². The number of aliphatic hydroxyl groups is 1. The second-order valence-corrected chi connectivity index (χ2v) is 6.23. The second kappa shape index (κ2) is 7.56. The first-order valence-corrected chi connectivity index (χ1v) is 8.30. The van der Waals surface area contributed by atoms with Crippen molar-refractivity contribution in [3.8, 4) is 0 Å². The van der Waals surface area contributed by atoms with Gasteiger partial charge in [-0.2, -0.15) is 5.10 Å². The van der Waals surface area contributed by atoms with Crippen molar-refractivity contribution < 1.29 is 9.90 Å². The highest BCUT2D eigenvalue weighted by atomic mass is 35.5. The number of aromatic amines is 1. The maximum Gasteiger partial charge on any atom is 0.276 e. The van der Waals surface area contributed by atoms with Crippen molar-refractivity contribution in [1.29, 1.82) is 0 Å². The maximum atomic E-state index is 12.4. The molecule has 1 amide bonds. The predicted octanol–water partition coefficient (Wildman–Crippen LogP) is 1.93. The highest BCUT2D eigenvalue weighted by Gasteiger charge is 2.22. The van der Waals surface area contributed by atoms with E-state index in [0.717, 1.165) is 0 Å². The summed E-state index contributed by atoms with van der Waals surface area (Å²) in [5.41, 5.74) is 1.22. The number of aromatic nitrogens is 2. The minimum Gasteiger partial charge on any atom is -0.382 e. The molecular formula is C18H16ClN5O3. The lowest BCUT2D eigenvalue weighted by Crippen LogP contribution is -2.26. The molecule has 8 nitrogen and oxygen atoms in total. The first-order chi connectivity index (χ1) is 12.9. The lowest BCUT2D eigenvalue weighted by Gasteiger charge is -2.14. The van der Waals surface area contributed by atoms with Gasteiger partial charge in [0.25, 0.3) is 5.56 Å². The Labute approximate surface area is 158 Å². The van der Waals surface area contributed by atoms with Gasteiger partial charge in [0.05, 0.1) is 11.0 Å². The van der Waals surface area contributed by atoms with Crippen molar-refractivity contribution in [1.82, 2.24) is 9.97 Å². The molecule has 2 aromatic carbocycles. The Morgan fingerprint density at radius 1 is 1.30 bits per heavy atom. The number of anilines is 1. The lowest BCUT2D eigenvalue weighted by atomic mass is 10.0. The Kier molecular flexibility index (Phi) is 5.20. The number of halogens is 1. The number of carbonyl (C=O) groups is 1. The predicted molar refractivity (Wildman–Crippen MR) is 104 cm³/mol. The number of hydrazone groups is 1. The minimum absolute atomic E-state index is 0.0830. The highest BCUT2D eigenvalue weighted by molar-refractivity contribution is 6.31. The number of rotatable bonds is 4. The molecular weight excluding hydrogens is 370 g/mol. The van der Waals surface area contributed by atoms with Crippen LogP contribution in [0.15, 0.2) is 52.4 Å². The molecule has 0 spiro atoms. The van der Waals surface area contributed by atoms with Crippen molar-refractivity contribution >= 4 is 39.9 Å². The molecule has 0 unspecified atom stereocenters. The van der Waals surface area contributed by atoms with E-state index in [1.54, 1.807) is 42.5 Å². The number of carbonyl (C=O) groups excluding carboxylic acids is 1. The van der Waals surface area contributed by atoms with E-state index in [-0.39, 0.29) is 17.3 Å². The van der Waals surface area contributed by atoms with E-state index in [1.807, 2.05) is 0 Å². The van der Waals surface area contributed by atoms with E-state index in [0.29, 0.717) is 27.3 Å². The Morgan fingerprint density at radius 3 is 2.63 bits per heavy atom. The van der Waals surface area contributed by atoms with Gasteiger partial charge in [-0.25, -0.2) is 4.98 Å². The van der Waals surface area contributed by atoms with E-state index in [2.05, 4.69) is 20.4 Å². The molecule has 0 fully saturated rings. The summed E-state index contributed by atoms with van der Waals surface area (Å²) in [4.78, 5) is 30.4. The molecule has 1 heterocycles. The van der Waals surface area contributed by atoms with Gasteiger partial charge in [0.1, 0.15) is 11.8 Å². The van der Waals surface area contributed by atoms with Crippen molar-refractivity contribution in [2.75, 3.05) is 5.32 Å². The summed E-state index contributed by atoms with van der Waals surface area (Å²) in [6.07, 6.45) is -1.28. The fourth-order valence-electron chi connectivity index (χ4n) is 2.60. The lowest BCUT2D eigenvalue weighted by molar-refractivity contribution is -0.114. The molecule has 5 N–H and O–H groups in total. The molecule has 0 aliphatic carbocycles. The normalized spacial score (nSPS) is 12.8. The van der Waals surface area contributed by atoms with Gasteiger partial charge in [0.2, 0.25) is 5.91 Å². The number of nitrogens with zero attached hydrogens (tertiary/aromatic N) is 2. The van der Waals surface area contributed by atoms with E-state index in [9.17, 15) is 14.7 Å². The Balaban J connectivity index is 1.98. The van der Waals surface area contributed by atoms with Gasteiger partial charge < -0.3 is 21.2 Å². The monoisotopic (exact) mass is 385 g/mol. The molecule has 1 atom stereocenters. The van der Waals surface area contributed by atoms with E-state index >= 15 is 0 Å². The van der Waals surface area contributed by atoms with Gasteiger partial charge in [0.15, 0.2) is 5.69 Å². The Bertz CT molecular complexity index is 1090. The van der Waals surface area contributed by atoms with Crippen LogP contribution in [-0.4, -0.2) is 26.7 Å². The number of hydrogen-bond donors (Lipinski definition) is 4. The number of H-pyrrole nitrogens is 1. The summed E-state index contributed by atoms with van der Waals surface area (Å²) >= 11 is 5.92. The van der Waals surface area contributed by atoms with Crippen LogP contribution in [0.4, 0.5) is 5.69 Å². The SMILES string of the molecule is CC(=O)Nc1ccc([C@@H](O)/C(=N/N)c2nc3ccc(Cl)cc3[nH]c2=O)cc1. The number of nitrogens with one attached hydrogen (secondary N) is 2. The summed E-state index contributed by atoms with van der Waals surface area (Å²) in [5, 5.41) is 17.3. The van der Waals surface area contributed by atoms with Crippen molar-refractivity contribution in [2.45, 2.75) is 13.0 Å². The first kappa shape index (κ1) is 18.6. The van der Waals surface area contributed by atoms with Gasteiger partial charge >= 0.3 is 0 Å². The largest absolute Gasteiger partial charge is 0.382 e. The zero-order valence-electron chi connectivity index (χ0n) is 14.2. The Morgan fingerprint density at radius 2 is 2.00 bits per heavy atom. The molecule has 0 bridgehead atoms. The third-order valence-corrected chi connectivity index (χ3v) is 4.08.